The molecule has 68 heavy (non-hydrogen) atoms. The van der Waals surface area contributed by atoms with Crippen molar-refractivity contribution >= 4 is 53.7 Å². The summed E-state index contributed by atoms with van der Waals surface area (Å²) in [4.78, 5) is 63.5. The van der Waals surface area contributed by atoms with Gasteiger partial charge in [0.05, 0.1) is 53.6 Å². The van der Waals surface area contributed by atoms with Crippen molar-refractivity contribution in [3.05, 3.63) is 118 Å². The molecule has 2 unspecified atom stereocenters. The van der Waals surface area contributed by atoms with Crippen LogP contribution in [0.3, 0.4) is 0 Å². The van der Waals surface area contributed by atoms with Gasteiger partial charge < -0.3 is 50.4 Å². The van der Waals surface area contributed by atoms with Crippen molar-refractivity contribution < 1.29 is 69.3 Å². The Kier molecular flexibility index (Phi) is 17.0. The Hall–Kier alpha value is -6.74. The molecule has 15 nitrogen and oxygen atoms in total. The molecular weight excluding hydrogens is 930 g/mol. The lowest BCUT2D eigenvalue weighted by Crippen LogP contribution is -2.39. The standard InChI is InChI=1S/C24H24F3N3O5.C22H22F3N3O4.ClH/c1-13(31)30-9-2-3-15(30)12-35-24(33)29-20-8-10-34-22-16(5-7-18(26)21(20)22)23(32)28-14-4-6-17(25)19(27)11-14;23-15-5-3-12(10-17(15)25)27-21(29)14-4-6-16(24)19-18(7-9-31-20(14)19)28-22(30)32-11-13-2-1-8-26-13;/h4-7,11,15,20H,2-3,8-10,12H2,1H3,(H,28,32)(H,29,33);3-6,10,13,18,26H,1-2,7-9,11H2,(H,27,29)(H,28,30);1H/t15?,20-;13?,18-;/m00./s1. The zero-order chi connectivity index (χ0) is 47.8. The van der Waals surface area contributed by atoms with Crippen LogP contribution in [-0.2, 0) is 14.3 Å². The van der Waals surface area contributed by atoms with Crippen LogP contribution >= 0.6 is 12.4 Å². The monoisotopic (exact) mass is 976 g/mol. The molecule has 0 radical (unpaired) electrons. The zero-order valence-electron chi connectivity index (χ0n) is 36.4. The fraction of sp³-hybridized carbons (Fsp3) is 0.370. The highest BCUT2D eigenvalue weighted by atomic mass is 35.5. The lowest BCUT2D eigenvalue weighted by molar-refractivity contribution is -0.130. The Morgan fingerprint density at radius 3 is 1.57 bits per heavy atom. The number of fused-ring (bicyclic) bond motifs is 2. The van der Waals surface area contributed by atoms with E-state index in [1.165, 1.54) is 31.2 Å². The van der Waals surface area contributed by atoms with Crippen molar-refractivity contribution in [2.75, 3.05) is 50.2 Å². The summed E-state index contributed by atoms with van der Waals surface area (Å²) >= 11 is 0. The molecule has 0 aromatic heterocycles. The predicted octanol–water partition coefficient (Wildman–Crippen LogP) is 8.00. The number of nitrogens with zero attached hydrogens (tertiary/aromatic N) is 1. The Morgan fingerprint density at radius 2 is 1.12 bits per heavy atom. The van der Waals surface area contributed by atoms with E-state index in [2.05, 4.69) is 26.6 Å². The van der Waals surface area contributed by atoms with Crippen LogP contribution in [0.5, 0.6) is 11.5 Å². The van der Waals surface area contributed by atoms with E-state index in [0.29, 0.717) is 6.54 Å². The van der Waals surface area contributed by atoms with Gasteiger partial charge in [-0.15, -0.1) is 12.4 Å². The predicted molar refractivity (Wildman–Crippen MR) is 235 cm³/mol. The number of alkyl carbamates (subject to hydrolysis) is 2. The molecule has 4 aliphatic heterocycles. The molecule has 5 N–H and O–H groups in total. The number of ether oxygens (including phenoxy) is 4. The summed E-state index contributed by atoms with van der Waals surface area (Å²) in [5.41, 5.74) is 0.0202. The molecule has 2 fully saturated rings. The first-order chi connectivity index (χ1) is 32.2. The quantitative estimate of drug-likeness (QED) is 0.0976. The van der Waals surface area contributed by atoms with Gasteiger partial charge in [0.2, 0.25) is 5.91 Å². The first-order valence-electron chi connectivity index (χ1n) is 21.5. The minimum Gasteiger partial charge on any atom is -0.492 e. The highest BCUT2D eigenvalue weighted by molar-refractivity contribution is 6.07. The molecular formula is C46H47ClF6N6O9. The zero-order valence-corrected chi connectivity index (χ0v) is 37.2. The lowest BCUT2D eigenvalue weighted by Gasteiger charge is -2.29. The third-order valence-electron chi connectivity index (χ3n) is 11.5. The molecule has 4 heterocycles. The molecule has 4 aliphatic rings. The number of benzene rings is 4. The Bertz CT molecular complexity index is 2540. The Balaban J connectivity index is 0.000000221. The van der Waals surface area contributed by atoms with Crippen LogP contribution in [0.1, 0.15) is 89.4 Å². The van der Waals surface area contributed by atoms with Gasteiger partial charge in [-0.25, -0.2) is 35.9 Å². The van der Waals surface area contributed by atoms with Crippen molar-refractivity contribution in [2.45, 2.75) is 69.6 Å². The summed E-state index contributed by atoms with van der Waals surface area (Å²) in [6.07, 6.45) is 2.52. The largest absolute Gasteiger partial charge is 0.492 e. The lowest BCUT2D eigenvalue weighted by atomic mass is 9.96. The van der Waals surface area contributed by atoms with E-state index in [4.69, 9.17) is 18.9 Å². The minimum absolute atomic E-state index is 0. The summed E-state index contributed by atoms with van der Waals surface area (Å²) in [6.45, 7) is 3.40. The summed E-state index contributed by atoms with van der Waals surface area (Å²) in [5.74, 6) is -7.26. The highest BCUT2D eigenvalue weighted by Gasteiger charge is 2.34. The average molecular weight is 977 g/mol. The SMILES string of the molecule is CC(=O)N1CCCC1COC(=O)N[C@H]1CCOc2c(C(=O)Nc3ccc(F)c(F)c3)ccc(F)c21.Cl.O=C(N[C@H]1CCOc2c(C(=O)Nc3ccc(F)c(F)c3)ccc(F)c21)OCC1CCCN1. The average Bonchev–Trinajstić information content (AvgIpc) is 4.01. The molecule has 364 valence electrons. The minimum atomic E-state index is -1.13. The van der Waals surface area contributed by atoms with E-state index < -0.39 is 71.0 Å². The van der Waals surface area contributed by atoms with Crippen molar-refractivity contribution in [3.63, 3.8) is 0 Å². The fourth-order valence-corrected chi connectivity index (χ4v) is 8.19. The number of hydrogen-bond acceptors (Lipinski definition) is 10. The second-order valence-electron chi connectivity index (χ2n) is 16.0. The maximum absolute atomic E-state index is 14.8. The van der Waals surface area contributed by atoms with Crippen molar-refractivity contribution in [1.29, 1.82) is 0 Å². The molecule has 8 rings (SSSR count). The van der Waals surface area contributed by atoms with Gasteiger partial charge in [-0.3, -0.25) is 14.4 Å². The number of hydrogen-bond donors (Lipinski definition) is 5. The Morgan fingerprint density at radius 1 is 0.632 bits per heavy atom. The van der Waals surface area contributed by atoms with E-state index in [0.717, 1.165) is 68.6 Å². The van der Waals surface area contributed by atoms with Crippen LogP contribution < -0.4 is 36.1 Å². The molecule has 4 aromatic rings. The van der Waals surface area contributed by atoms with Crippen LogP contribution in [0, 0.1) is 34.9 Å². The molecule has 22 heteroatoms. The summed E-state index contributed by atoms with van der Waals surface area (Å²) < 4.78 is 104. The van der Waals surface area contributed by atoms with E-state index in [1.54, 1.807) is 4.90 Å². The fourth-order valence-electron chi connectivity index (χ4n) is 8.19. The number of carbonyl (C=O) groups is 5. The topological polar surface area (TPSA) is 186 Å². The van der Waals surface area contributed by atoms with Gasteiger partial charge in [0, 0.05) is 55.9 Å². The van der Waals surface area contributed by atoms with Gasteiger partial charge in [-0.2, -0.15) is 0 Å². The Labute approximate surface area is 392 Å². The smallest absolute Gasteiger partial charge is 0.407 e. The second kappa shape index (κ2) is 22.8. The van der Waals surface area contributed by atoms with Gasteiger partial charge in [-0.05, 0) is 80.8 Å². The maximum atomic E-state index is 14.8. The van der Waals surface area contributed by atoms with Crippen LogP contribution in [0.2, 0.25) is 0 Å². The normalized spacial score (nSPS) is 19.0. The van der Waals surface area contributed by atoms with Gasteiger partial charge >= 0.3 is 12.2 Å². The number of halogens is 7. The maximum Gasteiger partial charge on any atom is 0.407 e. The van der Waals surface area contributed by atoms with Crippen LogP contribution in [0.4, 0.5) is 47.3 Å². The number of likely N-dealkylation sites (tertiary alicyclic amines) is 1. The van der Waals surface area contributed by atoms with Gasteiger partial charge in [0.15, 0.2) is 23.3 Å². The van der Waals surface area contributed by atoms with Crippen molar-refractivity contribution in [2.24, 2.45) is 0 Å². The van der Waals surface area contributed by atoms with Crippen molar-refractivity contribution in [1.82, 2.24) is 20.9 Å². The van der Waals surface area contributed by atoms with Crippen molar-refractivity contribution in [3.8, 4) is 11.5 Å². The number of amides is 5. The van der Waals surface area contributed by atoms with Crippen LogP contribution in [0.25, 0.3) is 0 Å². The molecule has 0 saturated carbocycles. The molecule has 4 aromatic carbocycles. The summed E-state index contributed by atoms with van der Waals surface area (Å²) in [6, 6.07) is 8.72. The first-order valence-corrected chi connectivity index (χ1v) is 21.5. The number of carbonyl (C=O) groups excluding carboxylic acids is 5. The molecule has 0 aliphatic carbocycles. The van der Waals surface area contributed by atoms with E-state index >= 15 is 0 Å². The van der Waals surface area contributed by atoms with Gasteiger partial charge in [0.25, 0.3) is 11.8 Å². The third-order valence-corrected chi connectivity index (χ3v) is 11.5. The first kappa shape index (κ1) is 50.7. The number of nitrogens with one attached hydrogen (secondary N) is 5. The molecule has 0 bridgehead atoms. The molecule has 4 atom stereocenters. The van der Waals surface area contributed by atoms with E-state index in [1.807, 2.05) is 0 Å². The summed E-state index contributed by atoms with van der Waals surface area (Å²) in [7, 11) is 0. The van der Waals surface area contributed by atoms with Crippen LogP contribution in [0.15, 0.2) is 60.7 Å². The highest BCUT2D eigenvalue weighted by Crippen LogP contribution is 2.39. The van der Waals surface area contributed by atoms with E-state index in [-0.39, 0.29) is 115 Å². The van der Waals surface area contributed by atoms with Gasteiger partial charge in [-0.1, -0.05) is 0 Å². The second-order valence-corrected chi connectivity index (χ2v) is 16.0. The number of anilines is 2. The third kappa shape index (κ3) is 12.2. The van der Waals surface area contributed by atoms with E-state index in [9.17, 15) is 50.3 Å². The number of rotatable bonds is 10. The molecule has 5 amide bonds. The van der Waals surface area contributed by atoms with Gasteiger partial charge in [0.1, 0.15) is 36.3 Å². The summed E-state index contributed by atoms with van der Waals surface area (Å²) in [5, 5.41) is 13.3. The molecule has 2 saturated heterocycles. The molecule has 0 spiro atoms. The van der Waals surface area contributed by atoms with Crippen LogP contribution in [-0.4, -0.2) is 86.4 Å².